The van der Waals surface area contributed by atoms with E-state index in [9.17, 15) is 23.3 Å². The topological polar surface area (TPSA) is 133 Å². The van der Waals surface area contributed by atoms with Crippen molar-refractivity contribution in [3.05, 3.63) is 107 Å². The first-order chi connectivity index (χ1) is 16.8. The number of carbonyl (C=O) groups excluding carboxylic acids is 2. The van der Waals surface area contributed by atoms with Gasteiger partial charge in [0.05, 0.1) is 28.3 Å². The number of amides is 1. The van der Waals surface area contributed by atoms with E-state index in [2.05, 4.69) is 5.32 Å². The summed E-state index contributed by atoms with van der Waals surface area (Å²) in [6, 6.07) is 21.9. The average Bonchev–Trinajstić information content (AvgIpc) is 3.17. The third-order valence-corrected chi connectivity index (χ3v) is 7.53. The molecular weight excluding hydrogens is 464 g/mol. The second-order valence-electron chi connectivity index (χ2n) is 7.97. The zero-order valence-corrected chi connectivity index (χ0v) is 19.6. The van der Waals surface area contributed by atoms with E-state index < -0.39 is 27.9 Å². The maximum Gasteiger partial charge on any atom is 0.245 e. The summed E-state index contributed by atoms with van der Waals surface area (Å²) in [6.07, 6.45) is 0. The van der Waals surface area contributed by atoms with Crippen molar-refractivity contribution in [1.82, 2.24) is 4.31 Å². The number of nitrogens with two attached hydrogens (primary N) is 1. The number of rotatable bonds is 6. The fraction of sp³-hybridized carbons (Fsp3) is 0.115. The average molecular weight is 487 g/mol. The van der Waals surface area contributed by atoms with Crippen LogP contribution in [0.25, 0.3) is 0 Å². The molecule has 1 aliphatic heterocycles. The summed E-state index contributed by atoms with van der Waals surface area (Å²) in [5.74, 6) is -0.832. The highest BCUT2D eigenvalue weighted by molar-refractivity contribution is 7.89. The summed E-state index contributed by atoms with van der Waals surface area (Å²) in [5, 5.41) is 12.5. The highest BCUT2D eigenvalue weighted by atomic mass is 32.2. The molecule has 0 saturated heterocycles. The first-order valence-electron chi connectivity index (χ1n) is 10.7. The fourth-order valence-corrected chi connectivity index (χ4v) is 5.84. The molecule has 1 heterocycles. The monoisotopic (exact) mass is 486 g/mol. The molecule has 0 fully saturated rings. The number of Topliss-reactive ketones (excluding diaryl/α,β-unsaturated/α-hetero) is 1. The van der Waals surface area contributed by atoms with Gasteiger partial charge in [-0.25, -0.2) is 8.42 Å². The van der Waals surface area contributed by atoms with Crippen LogP contribution in [0.2, 0.25) is 0 Å². The van der Waals surface area contributed by atoms with Crippen LogP contribution in [0.1, 0.15) is 28.9 Å². The van der Waals surface area contributed by atoms with Gasteiger partial charge in [0, 0.05) is 18.2 Å². The number of benzene rings is 3. The van der Waals surface area contributed by atoms with Gasteiger partial charge in [-0.2, -0.15) is 9.57 Å². The standard InChI is InChI=1S/C26H22N4O4S/c1-17(31)29-20-12-14-21(15-13-20)35(33,34)30-24(18-8-4-2-5-9-18)22(16-27)23(28)25(30)26(32)19-10-6-3-7-11-19/h2-15,24-25H,28H2,1H3,(H,29,31). The molecule has 0 aromatic heterocycles. The lowest BCUT2D eigenvalue weighted by Crippen LogP contribution is -2.45. The van der Waals surface area contributed by atoms with Gasteiger partial charge in [-0.15, -0.1) is 0 Å². The van der Waals surface area contributed by atoms with Crippen LogP contribution < -0.4 is 11.1 Å². The molecule has 0 aliphatic carbocycles. The number of carbonyl (C=O) groups is 2. The smallest absolute Gasteiger partial charge is 0.245 e. The van der Waals surface area contributed by atoms with E-state index >= 15 is 0 Å². The molecule has 2 atom stereocenters. The normalized spacial score (nSPS) is 18.2. The van der Waals surface area contributed by atoms with Crippen molar-refractivity contribution < 1.29 is 18.0 Å². The molecule has 1 aliphatic rings. The van der Waals surface area contributed by atoms with Gasteiger partial charge in [0.1, 0.15) is 6.04 Å². The molecule has 0 radical (unpaired) electrons. The number of nitrogens with zero attached hydrogens (tertiary/aromatic N) is 2. The minimum Gasteiger partial charge on any atom is -0.399 e. The number of ketones is 1. The van der Waals surface area contributed by atoms with Crippen molar-refractivity contribution in [2.75, 3.05) is 5.32 Å². The predicted octanol–water partition coefficient (Wildman–Crippen LogP) is 3.38. The SMILES string of the molecule is CC(=O)Nc1ccc(S(=O)(=O)N2C(C(=O)c3ccccc3)C(N)=C(C#N)C2c2ccccc2)cc1. The Morgan fingerprint density at radius 1 is 0.943 bits per heavy atom. The Labute approximate surface area is 203 Å². The van der Waals surface area contributed by atoms with Crippen LogP contribution in [-0.2, 0) is 14.8 Å². The van der Waals surface area contributed by atoms with Crippen LogP contribution in [0.15, 0.2) is 101 Å². The molecule has 2 unspecified atom stereocenters. The first-order valence-corrected chi connectivity index (χ1v) is 12.1. The van der Waals surface area contributed by atoms with Crippen LogP contribution in [0.5, 0.6) is 0 Å². The molecule has 35 heavy (non-hydrogen) atoms. The number of anilines is 1. The summed E-state index contributed by atoms with van der Waals surface area (Å²) in [5.41, 5.74) is 7.43. The summed E-state index contributed by atoms with van der Waals surface area (Å²) in [7, 11) is -4.33. The fourth-order valence-electron chi connectivity index (χ4n) is 4.12. The van der Waals surface area contributed by atoms with E-state index in [0.29, 0.717) is 11.3 Å². The Kier molecular flexibility index (Phi) is 6.51. The molecule has 9 heteroatoms. The van der Waals surface area contributed by atoms with Crippen molar-refractivity contribution in [1.29, 1.82) is 5.26 Å². The van der Waals surface area contributed by atoms with Gasteiger partial charge in [-0.3, -0.25) is 9.59 Å². The zero-order chi connectivity index (χ0) is 25.2. The van der Waals surface area contributed by atoms with Gasteiger partial charge in [0.15, 0.2) is 5.78 Å². The van der Waals surface area contributed by atoms with Gasteiger partial charge in [-0.05, 0) is 29.8 Å². The summed E-state index contributed by atoms with van der Waals surface area (Å²) < 4.78 is 29.0. The second kappa shape index (κ2) is 9.54. The van der Waals surface area contributed by atoms with Crippen LogP contribution in [0.3, 0.4) is 0 Å². The van der Waals surface area contributed by atoms with Gasteiger partial charge in [-0.1, -0.05) is 60.7 Å². The number of hydrogen-bond acceptors (Lipinski definition) is 6. The Hall–Kier alpha value is -4.26. The summed E-state index contributed by atoms with van der Waals surface area (Å²) in [4.78, 5) is 24.8. The molecule has 4 rings (SSSR count). The Bertz CT molecular complexity index is 1440. The van der Waals surface area contributed by atoms with Gasteiger partial charge < -0.3 is 11.1 Å². The van der Waals surface area contributed by atoms with E-state index in [4.69, 9.17) is 5.73 Å². The van der Waals surface area contributed by atoms with Crippen LogP contribution >= 0.6 is 0 Å². The predicted molar refractivity (Wildman–Crippen MR) is 130 cm³/mol. The Morgan fingerprint density at radius 2 is 1.51 bits per heavy atom. The summed E-state index contributed by atoms with van der Waals surface area (Å²) >= 11 is 0. The van der Waals surface area contributed by atoms with Crippen molar-refractivity contribution in [2.45, 2.75) is 23.9 Å². The molecule has 3 N–H and O–H groups in total. The lowest BCUT2D eigenvalue weighted by molar-refractivity contribution is -0.114. The van der Waals surface area contributed by atoms with E-state index in [0.717, 1.165) is 4.31 Å². The maximum atomic E-state index is 14.0. The quantitative estimate of drug-likeness (QED) is 0.513. The van der Waals surface area contributed by atoms with Crippen molar-refractivity contribution >= 4 is 27.4 Å². The van der Waals surface area contributed by atoms with Crippen LogP contribution in [0, 0.1) is 11.3 Å². The van der Waals surface area contributed by atoms with Gasteiger partial charge >= 0.3 is 0 Å². The highest BCUT2D eigenvalue weighted by Crippen LogP contribution is 2.43. The molecular formula is C26H22N4O4S. The number of nitrogens with one attached hydrogen (secondary N) is 1. The second-order valence-corrected chi connectivity index (χ2v) is 9.81. The van der Waals surface area contributed by atoms with Crippen molar-refractivity contribution in [2.24, 2.45) is 5.73 Å². The van der Waals surface area contributed by atoms with Gasteiger partial charge in [0.25, 0.3) is 0 Å². The summed E-state index contributed by atoms with van der Waals surface area (Å²) in [6.45, 7) is 1.34. The molecule has 176 valence electrons. The third-order valence-electron chi connectivity index (χ3n) is 5.68. The maximum absolute atomic E-state index is 14.0. The lowest BCUT2D eigenvalue weighted by Gasteiger charge is -2.30. The molecule has 0 bridgehead atoms. The minimum absolute atomic E-state index is 0.00363. The molecule has 0 saturated carbocycles. The zero-order valence-electron chi connectivity index (χ0n) is 18.8. The molecule has 8 nitrogen and oxygen atoms in total. The third kappa shape index (κ3) is 4.45. The first kappa shape index (κ1) is 23.9. The number of sulfonamides is 1. The van der Waals surface area contributed by atoms with E-state index in [-0.39, 0.29) is 27.6 Å². The van der Waals surface area contributed by atoms with Crippen LogP contribution in [-0.4, -0.2) is 30.5 Å². The number of hydrogen-bond donors (Lipinski definition) is 2. The Morgan fingerprint density at radius 3 is 2.06 bits per heavy atom. The molecule has 3 aromatic rings. The Balaban J connectivity index is 1.88. The molecule has 1 amide bonds. The minimum atomic E-state index is -4.33. The van der Waals surface area contributed by atoms with E-state index in [1.54, 1.807) is 60.7 Å². The van der Waals surface area contributed by atoms with Crippen molar-refractivity contribution in [3.8, 4) is 6.07 Å². The van der Waals surface area contributed by atoms with E-state index in [1.807, 2.05) is 6.07 Å². The highest BCUT2D eigenvalue weighted by Gasteiger charge is 2.50. The lowest BCUT2D eigenvalue weighted by atomic mass is 10.00. The number of nitriles is 1. The molecule has 0 spiro atoms. The van der Waals surface area contributed by atoms with Crippen molar-refractivity contribution in [3.63, 3.8) is 0 Å². The van der Waals surface area contributed by atoms with Crippen LogP contribution in [0.4, 0.5) is 5.69 Å². The largest absolute Gasteiger partial charge is 0.399 e. The molecule has 3 aromatic carbocycles. The van der Waals surface area contributed by atoms with E-state index in [1.165, 1.54) is 31.2 Å². The van der Waals surface area contributed by atoms with Gasteiger partial charge in [0.2, 0.25) is 15.9 Å².